The molecule has 0 heterocycles. The first kappa shape index (κ1) is 18.0. The van der Waals surface area contributed by atoms with Crippen LogP contribution in [0.5, 0.6) is 0 Å². The Balaban J connectivity index is 1.41. The van der Waals surface area contributed by atoms with E-state index in [9.17, 15) is 9.59 Å². The second kappa shape index (κ2) is 9.04. The fourth-order valence-electron chi connectivity index (χ4n) is 2.80. The molecular formula is C21H25N3O2. The number of rotatable bonds is 8. The minimum absolute atomic E-state index is 0.178. The molecule has 0 bridgehead atoms. The van der Waals surface area contributed by atoms with Gasteiger partial charge in [-0.25, -0.2) is 4.79 Å². The highest BCUT2D eigenvalue weighted by atomic mass is 16.2. The summed E-state index contributed by atoms with van der Waals surface area (Å²) in [7, 11) is 0. The SMILES string of the molecule is O=C(NCCCN(C(=O)C1CC1)c1ccccc1)NCc1ccccc1. The van der Waals surface area contributed by atoms with Gasteiger partial charge in [0.05, 0.1) is 0 Å². The van der Waals surface area contributed by atoms with Crippen LogP contribution < -0.4 is 15.5 Å². The zero-order valence-electron chi connectivity index (χ0n) is 14.9. The van der Waals surface area contributed by atoms with Crippen molar-refractivity contribution in [2.75, 3.05) is 18.0 Å². The normalized spacial score (nSPS) is 13.1. The van der Waals surface area contributed by atoms with Crippen LogP contribution in [-0.4, -0.2) is 25.0 Å². The van der Waals surface area contributed by atoms with Crippen molar-refractivity contribution in [3.05, 3.63) is 66.2 Å². The number of benzene rings is 2. The molecule has 0 spiro atoms. The fraction of sp³-hybridized carbons (Fsp3) is 0.333. The highest BCUT2D eigenvalue weighted by Gasteiger charge is 2.33. The van der Waals surface area contributed by atoms with Crippen LogP contribution in [0.4, 0.5) is 10.5 Å². The van der Waals surface area contributed by atoms with Crippen molar-refractivity contribution in [3.8, 4) is 0 Å². The molecule has 0 aromatic heterocycles. The Bertz CT molecular complexity index is 715. The van der Waals surface area contributed by atoms with Crippen molar-refractivity contribution in [2.24, 2.45) is 5.92 Å². The van der Waals surface area contributed by atoms with Crippen LogP contribution >= 0.6 is 0 Å². The topological polar surface area (TPSA) is 61.4 Å². The van der Waals surface area contributed by atoms with Gasteiger partial charge in [0.2, 0.25) is 5.91 Å². The molecule has 0 unspecified atom stereocenters. The predicted molar refractivity (Wildman–Crippen MR) is 103 cm³/mol. The van der Waals surface area contributed by atoms with Crippen molar-refractivity contribution in [1.82, 2.24) is 10.6 Å². The largest absolute Gasteiger partial charge is 0.338 e. The summed E-state index contributed by atoms with van der Waals surface area (Å²) in [6.07, 6.45) is 2.69. The van der Waals surface area contributed by atoms with Gasteiger partial charge >= 0.3 is 6.03 Å². The lowest BCUT2D eigenvalue weighted by molar-refractivity contribution is -0.119. The number of nitrogens with zero attached hydrogens (tertiary/aromatic N) is 1. The molecule has 0 aliphatic heterocycles. The van der Waals surface area contributed by atoms with Gasteiger partial charge in [0.1, 0.15) is 0 Å². The number of anilines is 1. The van der Waals surface area contributed by atoms with E-state index < -0.39 is 0 Å². The third kappa shape index (κ3) is 5.34. The van der Waals surface area contributed by atoms with Crippen LogP contribution in [0.25, 0.3) is 0 Å². The summed E-state index contributed by atoms with van der Waals surface area (Å²) < 4.78 is 0. The molecule has 1 aliphatic rings. The van der Waals surface area contributed by atoms with Crippen molar-refractivity contribution in [3.63, 3.8) is 0 Å². The lowest BCUT2D eigenvalue weighted by Gasteiger charge is -2.23. The molecule has 5 heteroatoms. The second-order valence-electron chi connectivity index (χ2n) is 6.55. The van der Waals surface area contributed by atoms with Crippen LogP contribution in [0.15, 0.2) is 60.7 Å². The van der Waals surface area contributed by atoms with E-state index in [0.29, 0.717) is 26.1 Å². The van der Waals surface area contributed by atoms with E-state index in [1.54, 1.807) is 0 Å². The van der Waals surface area contributed by atoms with Gasteiger partial charge in [-0.3, -0.25) is 4.79 Å². The van der Waals surface area contributed by atoms with E-state index in [4.69, 9.17) is 0 Å². The van der Waals surface area contributed by atoms with Crippen LogP contribution in [0, 0.1) is 5.92 Å². The number of urea groups is 1. The van der Waals surface area contributed by atoms with Gasteiger partial charge in [-0.05, 0) is 37.0 Å². The number of hydrogen-bond donors (Lipinski definition) is 2. The Labute approximate surface area is 154 Å². The van der Waals surface area contributed by atoms with Crippen LogP contribution in [0.1, 0.15) is 24.8 Å². The van der Waals surface area contributed by atoms with E-state index in [1.165, 1.54) is 0 Å². The van der Waals surface area contributed by atoms with Gasteiger partial charge in [-0.1, -0.05) is 48.5 Å². The Morgan fingerprint density at radius 2 is 1.58 bits per heavy atom. The summed E-state index contributed by atoms with van der Waals surface area (Å²) in [6.45, 7) is 1.64. The Morgan fingerprint density at radius 1 is 0.923 bits per heavy atom. The summed E-state index contributed by atoms with van der Waals surface area (Å²) in [5.74, 6) is 0.377. The smallest absolute Gasteiger partial charge is 0.315 e. The number of hydrogen-bond acceptors (Lipinski definition) is 2. The second-order valence-corrected chi connectivity index (χ2v) is 6.55. The number of amides is 3. The molecule has 136 valence electrons. The molecule has 0 radical (unpaired) electrons. The standard InChI is InChI=1S/C21H25N3O2/c25-20(18-12-13-18)24(19-10-5-2-6-11-19)15-7-14-22-21(26)23-16-17-8-3-1-4-9-17/h1-6,8-11,18H,7,12-16H2,(H2,22,23,26). The molecule has 2 aromatic rings. The van der Waals surface area contributed by atoms with Crippen LogP contribution in [0.2, 0.25) is 0 Å². The first-order chi connectivity index (χ1) is 12.7. The number of carbonyl (C=O) groups excluding carboxylic acids is 2. The maximum atomic E-state index is 12.5. The molecule has 2 aromatic carbocycles. The van der Waals surface area contributed by atoms with Gasteiger partial charge in [-0.15, -0.1) is 0 Å². The van der Waals surface area contributed by atoms with Crippen LogP contribution in [-0.2, 0) is 11.3 Å². The van der Waals surface area contributed by atoms with Gasteiger partial charge < -0.3 is 15.5 Å². The van der Waals surface area contributed by atoms with E-state index in [2.05, 4.69) is 10.6 Å². The van der Waals surface area contributed by atoms with E-state index in [1.807, 2.05) is 65.6 Å². The average molecular weight is 351 g/mol. The molecule has 26 heavy (non-hydrogen) atoms. The van der Waals surface area contributed by atoms with Crippen molar-refractivity contribution < 1.29 is 9.59 Å². The lowest BCUT2D eigenvalue weighted by Crippen LogP contribution is -2.38. The zero-order valence-corrected chi connectivity index (χ0v) is 14.9. The van der Waals surface area contributed by atoms with Gasteiger partial charge in [-0.2, -0.15) is 0 Å². The molecule has 3 amide bonds. The summed E-state index contributed by atoms with van der Waals surface area (Å²) in [4.78, 5) is 26.2. The predicted octanol–water partition coefficient (Wildman–Crippen LogP) is 3.32. The highest BCUT2D eigenvalue weighted by molar-refractivity contribution is 5.96. The fourth-order valence-corrected chi connectivity index (χ4v) is 2.80. The monoisotopic (exact) mass is 351 g/mol. The van der Waals surface area contributed by atoms with Gasteiger partial charge in [0.25, 0.3) is 0 Å². The first-order valence-electron chi connectivity index (χ1n) is 9.16. The third-order valence-electron chi connectivity index (χ3n) is 4.40. The van der Waals surface area contributed by atoms with Crippen LogP contribution in [0.3, 0.4) is 0 Å². The maximum absolute atomic E-state index is 12.5. The van der Waals surface area contributed by atoms with Crippen molar-refractivity contribution in [1.29, 1.82) is 0 Å². The average Bonchev–Trinajstić information content (AvgIpc) is 3.53. The third-order valence-corrected chi connectivity index (χ3v) is 4.40. The molecular weight excluding hydrogens is 326 g/mol. The Morgan fingerprint density at radius 3 is 2.23 bits per heavy atom. The van der Waals surface area contributed by atoms with Crippen molar-refractivity contribution >= 4 is 17.6 Å². The summed E-state index contributed by atoms with van der Waals surface area (Å²) >= 11 is 0. The molecule has 2 N–H and O–H groups in total. The molecule has 3 rings (SSSR count). The quantitative estimate of drug-likeness (QED) is 0.717. The van der Waals surface area contributed by atoms with E-state index >= 15 is 0 Å². The van der Waals surface area contributed by atoms with Gasteiger partial charge in [0.15, 0.2) is 0 Å². The summed E-state index contributed by atoms with van der Waals surface area (Å²) in [5.41, 5.74) is 1.99. The van der Waals surface area contributed by atoms with E-state index in [0.717, 1.165) is 24.1 Å². The minimum Gasteiger partial charge on any atom is -0.338 e. The Kier molecular flexibility index (Phi) is 6.25. The number of para-hydroxylation sites is 1. The molecule has 5 nitrogen and oxygen atoms in total. The zero-order chi connectivity index (χ0) is 18.2. The number of nitrogens with one attached hydrogen (secondary N) is 2. The Hall–Kier alpha value is -2.82. The first-order valence-corrected chi connectivity index (χ1v) is 9.16. The minimum atomic E-state index is -0.186. The highest BCUT2D eigenvalue weighted by Crippen LogP contribution is 2.32. The molecule has 0 saturated heterocycles. The van der Waals surface area contributed by atoms with Crippen molar-refractivity contribution in [2.45, 2.75) is 25.8 Å². The number of carbonyl (C=O) groups is 2. The summed E-state index contributed by atoms with van der Waals surface area (Å²) in [5, 5.41) is 5.69. The van der Waals surface area contributed by atoms with Gasteiger partial charge in [0, 0.05) is 31.2 Å². The molecule has 1 saturated carbocycles. The lowest BCUT2D eigenvalue weighted by atomic mass is 10.2. The van der Waals surface area contributed by atoms with E-state index in [-0.39, 0.29) is 17.9 Å². The molecule has 0 atom stereocenters. The summed E-state index contributed by atoms with van der Waals surface area (Å²) in [6, 6.07) is 19.4. The molecule has 1 fully saturated rings. The maximum Gasteiger partial charge on any atom is 0.315 e. The molecule has 1 aliphatic carbocycles.